The Bertz CT molecular complexity index is 1050. The number of fused-ring (bicyclic) bond motifs is 1. The van der Waals surface area contributed by atoms with Crippen molar-refractivity contribution in [3.63, 3.8) is 0 Å². The number of carbonyl (C=O) groups is 1. The summed E-state index contributed by atoms with van der Waals surface area (Å²) in [5.74, 6) is 1.45. The summed E-state index contributed by atoms with van der Waals surface area (Å²) in [4.78, 5) is 14.4. The lowest BCUT2D eigenvalue weighted by Gasteiger charge is -2.18. The first-order valence-corrected chi connectivity index (χ1v) is 11.6. The van der Waals surface area contributed by atoms with E-state index in [4.69, 9.17) is 9.47 Å². The van der Waals surface area contributed by atoms with Crippen molar-refractivity contribution in [2.75, 3.05) is 25.2 Å². The number of sulfonamides is 1. The van der Waals surface area contributed by atoms with E-state index in [1.807, 2.05) is 12.1 Å². The van der Waals surface area contributed by atoms with Gasteiger partial charge in [-0.15, -0.1) is 0 Å². The van der Waals surface area contributed by atoms with Crippen LogP contribution in [0.1, 0.15) is 25.3 Å². The first kappa shape index (κ1) is 20.7. The number of amides is 1. The van der Waals surface area contributed by atoms with Gasteiger partial charge in [-0.2, -0.15) is 0 Å². The zero-order chi connectivity index (χ0) is 21.3. The number of methoxy groups -OCH3 is 1. The lowest BCUT2D eigenvalue weighted by atomic mass is 10.2. The number of nitrogens with zero attached hydrogens (tertiary/aromatic N) is 1. The summed E-state index contributed by atoms with van der Waals surface area (Å²) >= 11 is 0. The Morgan fingerprint density at radius 1 is 1.20 bits per heavy atom. The fraction of sp³-hybridized carbons (Fsp3) is 0.409. The molecule has 2 aliphatic rings. The molecule has 1 fully saturated rings. The van der Waals surface area contributed by atoms with Crippen molar-refractivity contribution in [3.05, 3.63) is 48.0 Å². The van der Waals surface area contributed by atoms with E-state index in [0.29, 0.717) is 24.5 Å². The molecule has 0 spiro atoms. The molecule has 1 amide bonds. The molecular weight excluding hydrogens is 404 g/mol. The van der Waals surface area contributed by atoms with Crippen LogP contribution in [0.2, 0.25) is 0 Å². The van der Waals surface area contributed by atoms with E-state index in [2.05, 4.69) is 4.72 Å². The fourth-order valence-electron chi connectivity index (χ4n) is 3.64. The predicted octanol–water partition coefficient (Wildman–Crippen LogP) is 2.74. The summed E-state index contributed by atoms with van der Waals surface area (Å²) in [6.07, 6.45) is 2.58. The van der Waals surface area contributed by atoms with Gasteiger partial charge in [0.05, 0.1) is 18.0 Å². The van der Waals surface area contributed by atoms with E-state index in [-0.39, 0.29) is 23.3 Å². The molecule has 1 aliphatic carbocycles. The largest absolute Gasteiger partial charge is 0.493 e. The average molecular weight is 431 g/mol. The van der Waals surface area contributed by atoms with Gasteiger partial charge in [-0.05, 0) is 62.1 Å². The molecule has 0 bridgehead atoms. The Kier molecular flexibility index (Phi) is 5.71. The van der Waals surface area contributed by atoms with Crippen LogP contribution in [0.5, 0.6) is 11.5 Å². The van der Waals surface area contributed by atoms with Crippen LogP contribution in [0.15, 0.2) is 47.4 Å². The second kappa shape index (κ2) is 8.28. The van der Waals surface area contributed by atoms with Crippen LogP contribution in [0.4, 0.5) is 5.69 Å². The maximum absolute atomic E-state index is 12.8. The van der Waals surface area contributed by atoms with Crippen molar-refractivity contribution in [2.45, 2.75) is 37.1 Å². The molecular formula is C22H26N2O5S. The average Bonchev–Trinajstić information content (AvgIpc) is 3.50. The van der Waals surface area contributed by atoms with Crippen molar-refractivity contribution in [1.82, 2.24) is 4.72 Å². The molecule has 1 aliphatic heterocycles. The highest BCUT2D eigenvalue weighted by molar-refractivity contribution is 7.89. The zero-order valence-corrected chi connectivity index (χ0v) is 17.9. The first-order chi connectivity index (χ1) is 14.4. The van der Waals surface area contributed by atoms with Gasteiger partial charge in [0.15, 0.2) is 11.5 Å². The molecule has 1 saturated carbocycles. The Morgan fingerprint density at radius 2 is 1.93 bits per heavy atom. The quantitative estimate of drug-likeness (QED) is 0.696. The van der Waals surface area contributed by atoms with E-state index in [0.717, 1.165) is 24.1 Å². The Labute approximate surface area is 177 Å². The fourth-order valence-corrected chi connectivity index (χ4v) is 4.92. The number of ether oxygens (including phenoxy) is 2. The molecule has 1 heterocycles. The van der Waals surface area contributed by atoms with Gasteiger partial charge in [-0.25, -0.2) is 13.1 Å². The molecule has 1 atom stereocenters. The molecule has 30 heavy (non-hydrogen) atoms. The third-order valence-electron chi connectivity index (χ3n) is 5.36. The zero-order valence-electron chi connectivity index (χ0n) is 17.1. The molecule has 160 valence electrons. The molecule has 0 radical (unpaired) electrons. The highest BCUT2D eigenvalue weighted by atomic mass is 32.2. The molecule has 4 rings (SSSR count). The molecule has 0 unspecified atom stereocenters. The Hall–Kier alpha value is -2.58. The predicted molar refractivity (Wildman–Crippen MR) is 113 cm³/mol. The number of anilines is 1. The third kappa shape index (κ3) is 4.29. The van der Waals surface area contributed by atoms with Crippen LogP contribution in [-0.2, 0) is 21.2 Å². The molecule has 7 nitrogen and oxygen atoms in total. The summed E-state index contributed by atoms with van der Waals surface area (Å²) in [7, 11) is -2.15. The first-order valence-electron chi connectivity index (χ1n) is 10.1. The minimum absolute atomic E-state index is 0.144. The van der Waals surface area contributed by atoms with Crippen molar-refractivity contribution < 1.29 is 22.7 Å². The van der Waals surface area contributed by atoms with Crippen molar-refractivity contribution >= 4 is 21.6 Å². The van der Waals surface area contributed by atoms with E-state index in [1.165, 1.54) is 0 Å². The number of hydrogen-bond acceptors (Lipinski definition) is 5. The highest BCUT2D eigenvalue weighted by Gasteiger charge is 2.36. The van der Waals surface area contributed by atoms with Gasteiger partial charge in [-0.1, -0.05) is 12.1 Å². The van der Waals surface area contributed by atoms with Gasteiger partial charge in [0.1, 0.15) is 6.61 Å². The Morgan fingerprint density at radius 3 is 2.63 bits per heavy atom. The lowest BCUT2D eigenvalue weighted by molar-refractivity contribution is -0.119. The van der Waals surface area contributed by atoms with E-state index in [1.54, 1.807) is 49.3 Å². The summed E-state index contributed by atoms with van der Waals surface area (Å²) in [6, 6.07) is 11.8. The number of nitrogens with one attached hydrogen (secondary N) is 1. The van der Waals surface area contributed by atoms with Gasteiger partial charge in [0.2, 0.25) is 15.9 Å². The number of benzene rings is 2. The normalized spacial score (nSPS) is 16.8. The van der Waals surface area contributed by atoms with Gasteiger partial charge < -0.3 is 14.4 Å². The monoisotopic (exact) mass is 430 g/mol. The molecule has 8 heteroatoms. The number of carbonyl (C=O) groups excluding carboxylic acids is 1. The van der Waals surface area contributed by atoms with E-state index in [9.17, 15) is 13.2 Å². The minimum Gasteiger partial charge on any atom is -0.493 e. The smallest absolute Gasteiger partial charge is 0.240 e. The number of para-hydroxylation sites is 2. The summed E-state index contributed by atoms with van der Waals surface area (Å²) < 4.78 is 39.3. The number of hydrogen-bond donors (Lipinski definition) is 1. The van der Waals surface area contributed by atoms with Gasteiger partial charge >= 0.3 is 0 Å². The third-order valence-corrected chi connectivity index (χ3v) is 6.95. The molecule has 0 aromatic heterocycles. The van der Waals surface area contributed by atoms with Crippen LogP contribution < -0.4 is 19.1 Å². The van der Waals surface area contributed by atoms with E-state index < -0.39 is 16.1 Å². The van der Waals surface area contributed by atoms with Crippen molar-refractivity contribution in [2.24, 2.45) is 5.92 Å². The van der Waals surface area contributed by atoms with E-state index >= 15 is 0 Å². The summed E-state index contributed by atoms with van der Waals surface area (Å²) in [5.41, 5.74) is 1.73. The van der Waals surface area contributed by atoms with Crippen molar-refractivity contribution in [1.29, 1.82) is 0 Å². The lowest BCUT2D eigenvalue weighted by Crippen LogP contribution is -2.36. The van der Waals surface area contributed by atoms with Crippen LogP contribution in [0.3, 0.4) is 0 Å². The van der Waals surface area contributed by atoms with Crippen molar-refractivity contribution in [3.8, 4) is 11.5 Å². The van der Waals surface area contributed by atoms with Gasteiger partial charge in [0, 0.05) is 18.2 Å². The van der Waals surface area contributed by atoms with Crippen LogP contribution in [-0.4, -0.2) is 40.6 Å². The summed E-state index contributed by atoms with van der Waals surface area (Å²) in [5, 5.41) is 0. The highest BCUT2D eigenvalue weighted by Crippen LogP contribution is 2.37. The summed E-state index contributed by atoms with van der Waals surface area (Å²) in [6.45, 7) is 2.52. The topological polar surface area (TPSA) is 84.9 Å². The van der Waals surface area contributed by atoms with Crippen LogP contribution in [0.25, 0.3) is 0 Å². The second-order valence-corrected chi connectivity index (χ2v) is 9.50. The van der Waals surface area contributed by atoms with Gasteiger partial charge in [0.25, 0.3) is 0 Å². The number of rotatable bonds is 8. The van der Waals surface area contributed by atoms with Gasteiger partial charge in [-0.3, -0.25) is 4.79 Å². The maximum atomic E-state index is 12.8. The van der Waals surface area contributed by atoms with Crippen LogP contribution in [0, 0.1) is 5.92 Å². The SMILES string of the molecule is COc1ccccc1OC[C@@H](C)NS(=O)(=O)c1ccc2c(c1)CCN2C(=O)C1CC1. The maximum Gasteiger partial charge on any atom is 0.240 e. The molecule has 1 N–H and O–H groups in total. The van der Waals surface area contributed by atoms with Crippen LogP contribution >= 0.6 is 0 Å². The minimum atomic E-state index is -3.71. The molecule has 2 aromatic carbocycles. The molecule has 2 aromatic rings. The Balaban J connectivity index is 1.41. The molecule has 0 saturated heterocycles. The second-order valence-electron chi connectivity index (χ2n) is 7.79. The standard InChI is InChI=1S/C22H26N2O5S/c1-15(14-29-21-6-4-3-5-20(21)28-2)23-30(26,27)18-9-10-19-17(13-18)11-12-24(19)22(25)16-7-8-16/h3-6,9-10,13,15-16,23H,7-8,11-12,14H2,1-2H3/t15-/m1/s1.